The molecule has 0 aromatic carbocycles. The van der Waals surface area contributed by atoms with Gasteiger partial charge in [0.1, 0.15) is 18.1 Å². The van der Waals surface area contributed by atoms with Crippen LogP contribution >= 0.6 is 11.8 Å². The number of carbonyl (C=O) groups is 6. The molecule has 0 saturated heterocycles. The maximum absolute atomic E-state index is 12.6. The molecule has 182 valence electrons. The minimum Gasteiger partial charge on any atom is -0.481 e. The maximum atomic E-state index is 12.6. The Labute approximate surface area is 188 Å². The Bertz CT molecular complexity index is 717. The molecule has 32 heavy (non-hydrogen) atoms. The largest absolute Gasteiger partial charge is 0.481 e. The average Bonchev–Trinajstić information content (AvgIpc) is 2.67. The van der Waals surface area contributed by atoms with Gasteiger partial charge >= 0.3 is 17.9 Å². The summed E-state index contributed by atoms with van der Waals surface area (Å²) in [6.45, 7) is 3.03. The molecule has 0 aromatic heterocycles. The second-order valence-corrected chi connectivity index (χ2v) is 8.26. The summed E-state index contributed by atoms with van der Waals surface area (Å²) < 4.78 is 0. The van der Waals surface area contributed by atoms with Crippen molar-refractivity contribution < 1.29 is 44.1 Å². The van der Waals surface area contributed by atoms with Crippen molar-refractivity contribution in [2.45, 2.75) is 57.3 Å². The van der Waals surface area contributed by atoms with E-state index in [2.05, 4.69) is 16.0 Å². The number of rotatable bonds is 15. The van der Waals surface area contributed by atoms with Crippen LogP contribution in [-0.2, 0) is 28.8 Å². The van der Waals surface area contributed by atoms with Crippen LogP contribution in [0.4, 0.5) is 0 Å². The van der Waals surface area contributed by atoms with Crippen LogP contribution in [0.15, 0.2) is 0 Å². The summed E-state index contributed by atoms with van der Waals surface area (Å²) in [7, 11) is 0. The number of hydrogen-bond acceptors (Lipinski definition) is 8. The molecule has 0 aliphatic carbocycles. The van der Waals surface area contributed by atoms with Crippen LogP contribution in [0.1, 0.15) is 33.1 Å². The van der Waals surface area contributed by atoms with Crippen molar-refractivity contribution in [2.75, 3.05) is 12.0 Å². The number of nitrogens with one attached hydrogen (secondary N) is 3. The van der Waals surface area contributed by atoms with Crippen molar-refractivity contribution in [3.8, 4) is 0 Å². The molecule has 13 nitrogen and oxygen atoms in total. The zero-order valence-corrected chi connectivity index (χ0v) is 18.8. The third kappa shape index (κ3) is 10.9. The molecule has 0 aliphatic heterocycles. The second kappa shape index (κ2) is 14.2. The predicted octanol–water partition coefficient (Wildman–Crippen LogP) is -1.79. The first-order valence-corrected chi connectivity index (χ1v) is 11.0. The van der Waals surface area contributed by atoms with Gasteiger partial charge in [0.25, 0.3) is 0 Å². The second-order valence-electron chi connectivity index (χ2n) is 7.27. The topological polar surface area (TPSA) is 225 Å². The molecule has 0 aliphatic rings. The lowest BCUT2D eigenvalue weighted by molar-refractivity contribution is -0.145. The minimum absolute atomic E-state index is 0.268. The monoisotopic (exact) mass is 478 g/mol. The molecule has 14 heteroatoms. The number of nitrogens with two attached hydrogens (primary N) is 1. The molecule has 4 unspecified atom stereocenters. The highest BCUT2D eigenvalue weighted by molar-refractivity contribution is 7.98. The van der Waals surface area contributed by atoms with Crippen molar-refractivity contribution >= 4 is 47.4 Å². The van der Waals surface area contributed by atoms with E-state index in [1.807, 2.05) is 0 Å². The number of carbonyl (C=O) groups excluding carboxylic acids is 3. The lowest BCUT2D eigenvalue weighted by atomic mass is 10.0. The van der Waals surface area contributed by atoms with Gasteiger partial charge in [0.2, 0.25) is 17.7 Å². The van der Waals surface area contributed by atoms with Gasteiger partial charge in [0, 0.05) is 0 Å². The third-order valence-electron chi connectivity index (χ3n) is 4.22. The van der Waals surface area contributed by atoms with Gasteiger partial charge in [-0.15, -0.1) is 0 Å². The van der Waals surface area contributed by atoms with Crippen molar-refractivity contribution in [3.63, 3.8) is 0 Å². The summed E-state index contributed by atoms with van der Waals surface area (Å²) >= 11 is 1.43. The fourth-order valence-corrected chi connectivity index (χ4v) is 2.95. The lowest BCUT2D eigenvalue weighted by Crippen LogP contribution is -2.58. The minimum atomic E-state index is -1.71. The highest BCUT2D eigenvalue weighted by Crippen LogP contribution is 2.05. The molecule has 8 N–H and O–H groups in total. The van der Waals surface area contributed by atoms with E-state index < -0.39 is 78.6 Å². The van der Waals surface area contributed by atoms with E-state index in [0.717, 1.165) is 0 Å². The van der Waals surface area contributed by atoms with E-state index in [-0.39, 0.29) is 6.42 Å². The average molecular weight is 479 g/mol. The van der Waals surface area contributed by atoms with Crippen LogP contribution < -0.4 is 21.7 Å². The number of aliphatic carboxylic acids is 3. The predicted molar refractivity (Wildman–Crippen MR) is 114 cm³/mol. The van der Waals surface area contributed by atoms with E-state index in [9.17, 15) is 33.9 Å². The molecule has 0 heterocycles. The lowest BCUT2D eigenvalue weighted by Gasteiger charge is -2.24. The Morgan fingerprint density at radius 3 is 1.62 bits per heavy atom. The normalized spacial score (nSPS) is 14.5. The molecule has 0 bridgehead atoms. The van der Waals surface area contributed by atoms with Gasteiger partial charge in [-0.05, 0) is 24.3 Å². The molecule has 0 rings (SSSR count). The number of hydrogen-bond donors (Lipinski definition) is 7. The first-order chi connectivity index (χ1) is 14.8. The summed E-state index contributed by atoms with van der Waals surface area (Å²) in [4.78, 5) is 70.8. The molecule has 4 atom stereocenters. The molecule has 0 aromatic rings. The van der Waals surface area contributed by atoms with Gasteiger partial charge in [0.15, 0.2) is 0 Å². The summed E-state index contributed by atoms with van der Waals surface area (Å²) in [5.74, 6) is -7.26. The Balaban J connectivity index is 5.49. The Morgan fingerprint density at radius 1 is 0.812 bits per heavy atom. The highest BCUT2D eigenvalue weighted by Gasteiger charge is 2.33. The molecule has 0 radical (unpaired) electrons. The van der Waals surface area contributed by atoms with Crippen LogP contribution in [0.2, 0.25) is 0 Å². The zero-order chi connectivity index (χ0) is 25.0. The molecule has 0 saturated carbocycles. The van der Waals surface area contributed by atoms with Gasteiger partial charge in [-0.2, -0.15) is 11.8 Å². The molecular weight excluding hydrogens is 448 g/mol. The maximum Gasteiger partial charge on any atom is 0.326 e. The van der Waals surface area contributed by atoms with Gasteiger partial charge < -0.3 is 37.0 Å². The molecule has 0 fully saturated rings. The zero-order valence-electron chi connectivity index (χ0n) is 18.0. The summed E-state index contributed by atoms with van der Waals surface area (Å²) in [6.07, 6.45) is 0.318. The van der Waals surface area contributed by atoms with Crippen LogP contribution in [0.5, 0.6) is 0 Å². The quantitative estimate of drug-likeness (QED) is 0.139. The van der Waals surface area contributed by atoms with E-state index in [4.69, 9.17) is 15.9 Å². The number of amides is 3. The Hall–Kier alpha value is -2.87. The molecule has 3 amide bonds. The summed E-state index contributed by atoms with van der Waals surface area (Å²) in [6, 6.07) is -5.70. The summed E-state index contributed by atoms with van der Waals surface area (Å²) in [5, 5.41) is 33.7. The van der Waals surface area contributed by atoms with Crippen molar-refractivity contribution in [1.82, 2.24) is 16.0 Å². The number of thioether (sulfide) groups is 1. The summed E-state index contributed by atoms with van der Waals surface area (Å²) in [5.41, 5.74) is 5.71. The standard InChI is InChI=1S/C18H30N4O9S/c1-8(2)14(18(30)31)22-17(29)11(7-13(25)26)21-16(28)10(6-12(23)24)20-15(27)9(19)4-5-32-3/h8-11,14H,4-7,19H2,1-3H3,(H,20,27)(H,21,28)(H,22,29)(H,23,24)(H,25,26)(H,30,31). The fraction of sp³-hybridized carbons (Fsp3) is 0.667. The van der Waals surface area contributed by atoms with Crippen LogP contribution in [-0.4, -0.2) is 87.1 Å². The Kier molecular flexibility index (Phi) is 13.0. The first-order valence-electron chi connectivity index (χ1n) is 9.62. The molecule has 0 spiro atoms. The van der Waals surface area contributed by atoms with Crippen LogP contribution in [0.3, 0.4) is 0 Å². The fourth-order valence-electron chi connectivity index (χ4n) is 2.46. The van der Waals surface area contributed by atoms with Crippen molar-refractivity contribution in [1.29, 1.82) is 0 Å². The van der Waals surface area contributed by atoms with Gasteiger partial charge in [-0.25, -0.2) is 4.79 Å². The molecular formula is C18H30N4O9S. The number of carboxylic acid groups (broad SMARTS) is 3. The van der Waals surface area contributed by atoms with Gasteiger partial charge in [-0.3, -0.25) is 24.0 Å². The van der Waals surface area contributed by atoms with E-state index in [1.54, 1.807) is 6.26 Å². The van der Waals surface area contributed by atoms with Gasteiger partial charge in [-0.1, -0.05) is 13.8 Å². The van der Waals surface area contributed by atoms with Crippen molar-refractivity contribution in [3.05, 3.63) is 0 Å². The third-order valence-corrected chi connectivity index (χ3v) is 4.87. The van der Waals surface area contributed by atoms with Crippen molar-refractivity contribution in [2.24, 2.45) is 11.7 Å². The highest BCUT2D eigenvalue weighted by atomic mass is 32.2. The SMILES string of the molecule is CSCCC(N)C(=O)NC(CC(=O)O)C(=O)NC(CC(=O)O)C(=O)NC(C(=O)O)C(C)C. The first kappa shape index (κ1) is 29.1. The Morgan fingerprint density at radius 2 is 1.25 bits per heavy atom. The van der Waals surface area contributed by atoms with E-state index >= 15 is 0 Å². The van der Waals surface area contributed by atoms with E-state index in [1.165, 1.54) is 25.6 Å². The van der Waals surface area contributed by atoms with Gasteiger partial charge in [0.05, 0.1) is 18.9 Å². The van der Waals surface area contributed by atoms with E-state index in [0.29, 0.717) is 5.75 Å². The van der Waals surface area contributed by atoms with Crippen LogP contribution in [0, 0.1) is 5.92 Å². The van der Waals surface area contributed by atoms with Crippen LogP contribution in [0.25, 0.3) is 0 Å². The number of carboxylic acids is 3. The smallest absolute Gasteiger partial charge is 0.326 e.